The summed E-state index contributed by atoms with van der Waals surface area (Å²) in [4.78, 5) is 4.41. The van der Waals surface area contributed by atoms with Crippen LogP contribution in [-0.4, -0.2) is 18.1 Å². The van der Waals surface area contributed by atoms with Crippen molar-refractivity contribution in [2.75, 3.05) is 13.1 Å². The van der Waals surface area contributed by atoms with Crippen molar-refractivity contribution in [2.24, 2.45) is 5.92 Å². The largest absolute Gasteiger partial charge is 0.316 e. The Morgan fingerprint density at radius 3 is 2.16 bits per heavy atom. The van der Waals surface area contributed by atoms with Gasteiger partial charge < -0.3 is 5.32 Å². The summed E-state index contributed by atoms with van der Waals surface area (Å²) in [5.74, 6) is 0.819. The minimum atomic E-state index is 0.819. The molecule has 1 N–H and O–H groups in total. The predicted molar refractivity (Wildman–Crippen MR) is 85.7 cm³/mol. The SMILES string of the molecule is CC.CC.Cc1cc(CC2CCCNC2)cc(C)n1. The van der Waals surface area contributed by atoms with E-state index in [1.807, 2.05) is 27.7 Å². The molecule has 0 amide bonds. The number of rotatable bonds is 2. The first kappa shape index (κ1) is 18.1. The van der Waals surface area contributed by atoms with E-state index in [0.29, 0.717) is 0 Å². The number of nitrogens with zero attached hydrogens (tertiary/aromatic N) is 1. The number of hydrogen-bond acceptors (Lipinski definition) is 2. The summed E-state index contributed by atoms with van der Waals surface area (Å²) in [5.41, 5.74) is 3.75. The van der Waals surface area contributed by atoms with E-state index >= 15 is 0 Å². The van der Waals surface area contributed by atoms with Crippen LogP contribution in [0, 0.1) is 19.8 Å². The quantitative estimate of drug-likeness (QED) is 0.862. The zero-order valence-electron chi connectivity index (χ0n) is 13.7. The van der Waals surface area contributed by atoms with Gasteiger partial charge in [0.15, 0.2) is 0 Å². The van der Waals surface area contributed by atoms with E-state index in [4.69, 9.17) is 0 Å². The molecule has 110 valence electrons. The second-order valence-corrected chi connectivity index (χ2v) is 4.67. The Kier molecular flexibility index (Phi) is 10.5. The van der Waals surface area contributed by atoms with Crippen molar-refractivity contribution in [1.29, 1.82) is 0 Å². The first-order valence-electron chi connectivity index (χ1n) is 7.89. The molecule has 1 saturated heterocycles. The number of aromatic nitrogens is 1. The van der Waals surface area contributed by atoms with E-state index < -0.39 is 0 Å². The zero-order valence-corrected chi connectivity index (χ0v) is 13.7. The summed E-state index contributed by atoms with van der Waals surface area (Å²) in [6, 6.07) is 4.45. The lowest BCUT2D eigenvalue weighted by Gasteiger charge is -2.22. The standard InChI is InChI=1S/C13H20N2.2C2H6/c1-10-6-13(7-11(2)15-10)8-12-4-3-5-14-9-12;2*1-2/h6-7,12,14H,3-5,8-9H2,1-2H3;2*1-2H3. The maximum absolute atomic E-state index is 4.41. The topological polar surface area (TPSA) is 24.9 Å². The third-order valence-electron chi connectivity index (χ3n) is 3.06. The van der Waals surface area contributed by atoms with Crippen molar-refractivity contribution in [2.45, 2.75) is 60.8 Å². The Balaban J connectivity index is 0.000000741. The van der Waals surface area contributed by atoms with Crippen LogP contribution in [0.2, 0.25) is 0 Å². The van der Waals surface area contributed by atoms with Gasteiger partial charge in [-0.3, -0.25) is 4.98 Å². The number of aryl methyl sites for hydroxylation is 2. The molecule has 2 heteroatoms. The predicted octanol–water partition coefficient (Wildman–Crippen LogP) is 4.29. The van der Waals surface area contributed by atoms with Crippen LogP contribution in [0.1, 0.15) is 57.5 Å². The second kappa shape index (κ2) is 11.0. The Bertz CT molecular complexity index is 308. The van der Waals surface area contributed by atoms with Gasteiger partial charge in [-0.2, -0.15) is 0 Å². The van der Waals surface area contributed by atoms with Gasteiger partial charge in [0.05, 0.1) is 0 Å². The minimum absolute atomic E-state index is 0.819. The van der Waals surface area contributed by atoms with Crippen LogP contribution in [0.4, 0.5) is 0 Å². The monoisotopic (exact) mass is 264 g/mol. The first-order chi connectivity index (χ1) is 9.24. The lowest BCUT2D eigenvalue weighted by atomic mass is 9.92. The average molecular weight is 264 g/mol. The summed E-state index contributed by atoms with van der Waals surface area (Å²) in [6.07, 6.45) is 3.90. The molecule has 0 radical (unpaired) electrons. The molecule has 2 rings (SSSR count). The minimum Gasteiger partial charge on any atom is -0.316 e. The third-order valence-corrected chi connectivity index (χ3v) is 3.06. The van der Waals surface area contributed by atoms with E-state index in [2.05, 4.69) is 36.3 Å². The molecule has 0 saturated carbocycles. The highest BCUT2D eigenvalue weighted by Crippen LogP contribution is 2.17. The van der Waals surface area contributed by atoms with Gasteiger partial charge in [-0.15, -0.1) is 0 Å². The fourth-order valence-electron chi connectivity index (χ4n) is 2.47. The van der Waals surface area contributed by atoms with Crippen LogP contribution < -0.4 is 5.32 Å². The number of pyridine rings is 1. The molecular weight excluding hydrogens is 232 g/mol. The summed E-state index contributed by atoms with van der Waals surface area (Å²) in [5, 5.41) is 3.47. The number of hydrogen-bond donors (Lipinski definition) is 1. The summed E-state index contributed by atoms with van der Waals surface area (Å²) < 4.78 is 0. The van der Waals surface area contributed by atoms with Gasteiger partial charge in [-0.25, -0.2) is 0 Å². The smallest absolute Gasteiger partial charge is 0.0378 e. The maximum atomic E-state index is 4.41. The van der Waals surface area contributed by atoms with E-state index in [0.717, 1.165) is 17.3 Å². The lowest BCUT2D eigenvalue weighted by molar-refractivity contribution is 0.376. The number of piperidine rings is 1. The Labute approximate surface area is 120 Å². The molecule has 1 aromatic rings. The van der Waals surface area contributed by atoms with E-state index in [1.54, 1.807) is 0 Å². The Morgan fingerprint density at radius 2 is 1.68 bits per heavy atom. The fraction of sp³-hybridized carbons (Fsp3) is 0.706. The van der Waals surface area contributed by atoms with E-state index in [9.17, 15) is 0 Å². The molecule has 1 aliphatic rings. The molecule has 1 unspecified atom stereocenters. The molecule has 2 heterocycles. The fourth-order valence-corrected chi connectivity index (χ4v) is 2.47. The van der Waals surface area contributed by atoms with Gasteiger partial charge in [-0.1, -0.05) is 27.7 Å². The lowest BCUT2D eigenvalue weighted by Crippen LogP contribution is -2.30. The summed E-state index contributed by atoms with van der Waals surface area (Å²) in [6.45, 7) is 14.5. The maximum Gasteiger partial charge on any atom is 0.0378 e. The van der Waals surface area contributed by atoms with Crippen molar-refractivity contribution in [1.82, 2.24) is 10.3 Å². The molecule has 19 heavy (non-hydrogen) atoms. The van der Waals surface area contributed by atoms with Crippen molar-refractivity contribution in [3.8, 4) is 0 Å². The van der Waals surface area contributed by atoms with Gasteiger partial charge in [0.25, 0.3) is 0 Å². The second-order valence-electron chi connectivity index (χ2n) is 4.67. The third kappa shape index (κ3) is 7.31. The molecule has 1 fully saturated rings. The molecule has 1 aromatic heterocycles. The van der Waals surface area contributed by atoms with Crippen LogP contribution in [-0.2, 0) is 6.42 Å². The van der Waals surface area contributed by atoms with Crippen LogP contribution in [0.5, 0.6) is 0 Å². The van der Waals surface area contributed by atoms with Crippen molar-refractivity contribution in [3.63, 3.8) is 0 Å². The molecule has 1 atom stereocenters. The van der Waals surface area contributed by atoms with Gasteiger partial charge >= 0.3 is 0 Å². The zero-order chi connectivity index (χ0) is 14.7. The summed E-state index contributed by atoms with van der Waals surface area (Å²) in [7, 11) is 0. The molecule has 1 aliphatic heterocycles. The van der Waals surface area contributed by atoms with Gasteiger partial charge in [0.2, 0.25) is 0 Å². The van der Waals surface area contributed by atoms with Crippen LogP contribution in [0.25, 0.3) is 0 Å². The first-order valence-corrected chi connectivity index (χ1v) is 7.89. The average Bonchev–Trinajstić information content (AvgIpc) is 2.43. The molecular formula is C17H32N2. The van der Waals surface area contributed by atoms with Crippen molar-refractivity contribution < 1.29 is 0 Å². The normalized spacial score (nSPS) is 17.7. The number of nitrogens with one attached hydrogen (secondary N) is 1. The summed E-state index contributed by atoms with van der Waals surface area (Å²) >= 11 is 0. The van der Waals surface area contributed by atoms with E-state index in [1.165, 1.54) is 37.9 Å². The van der Waals surface area contributed by atoms with Gasteiger partial charge in [-0.05, 0) is 69.8 Å². The molecule has 0 spiro atoms. The van der Waals surface area contributed by atoms with Crippen LogP contribution in [0.15, 0.2) is 12.1 Å². The van der Waals surface area contributed by atoms with E-state index in [-0.39, 0.29) is 0 Å². The van der Waals surface area contributed by atoms with Crippen molar-refractivity contribution in [3.05, 3.63) is 29.1 Å². The van der Waals surface area contributed by atoms with Crippen LogP contribution in [0.3, 0.4) is 0 Å². The highest BCUT2D eigenvalue weighted by molar-refractivity contribution is 5.20. The Hall–Kier alpha value is -0.890. The molecule has 0 aromatic carbocycles. The van der Waals surface area contributed by atoms with Crippen LogP contribution >= 0.6 is 0 Å². The van der Waals surface area contributed by atoms with Gasteiger partial charge in [0.1, 0.15) is 0 Å². The van der Waals surface area contributed by atoms with Crippen molar-refractivity contribution >= 4 is 0 Å². The highest BCUT2D eigenvalue weighted by Gasteiger charge is 2.13. The molecule has 0 aliphatic carbocycles. The van der Waals surface area contributed by atoms with Gasteiger partial charge in [0, 0.05) is 11.4 Å². The molecule has 0 bridgehead atoms. The Morgan fingerprint density at radius 1 is 1.11 bits per heavy atom. The highest BCUT2D eigenvalue weighted by atomic mass is 14.9. The molecule has 2 nitrogen and oxygen atoms in total.